The van der Waals surface area contributed by atoms with Crippen LogP contribution in [0.25, 0.3) is 0 Å². The van der Waals surface area contributed by atoms with E-state index in [4.69, 9.17) is 26.4 Å². The fourth-order valence-electron chi connectivity index (χ4n) is 3.19. The van der Waals surface area contributed by atoms with Gasteiger partial charge in [-0.25, -0.2) is 4.39 Å². The molecular weight excluding hydrogens is 397 g/mol. The lowest BCUT2D eigenvalue weighted by Gasteiger charge is -2.43. The van der Waals surface area contributed by atoms with E-state index in [1.165, 1.54) is 6.07 Å². The lowest BCUT2D eigenvalue weighted by atomic mass is 9.79. The average molecular weight is 410 g/mol. The Bertz CT molecular complexity index is 860. The van der Waals surface area contributed by atoms with Crippen molar-refractivity contribution >= 4 is 33.1 Å². The minimum atomic E-state index is -0.822. The number of thiocarbonyl (C=S) groups is 1. The van der Waals surface area contributed by atoms with Crippen LogP contribution in [0.1, 0.15) is 11.1 Å². The highest BCUT2D eigenvalue weighted by atomic mass is 79.9. The van der Waals surface area contributed by atoms with Crippen LogP contribution in [0.5, 0.6) is 17.2 Å². The highest BCUT2D eigenvalue weighted by Crippen LogP contribution is 2.50. The molecule has 124 valence electrons. The van der Waals surface area contributed by atoms with Crippen molar-refractivity contribution in [2.45, 2.75) is 5.54 Å². The smallest absolute Gasteiger partial charge is 0.169 e. The summed E-state index contributed by atoms with van der Waals surface area (Å²) in [6.07, 6.45) is 0. The van der Waals surface area contributed by atoms with E-state index >= 15 is 0 Å². The third kappa shape index (κ3) is 2.30. The number of morpholine rings is 1. The lowest BCUT2D eigenvalue weighted by Crippen LogP contribution is -2.56. The number of methoxy groups -OCH3 is 1. The molecular formula is C17H13BrFNO3S. The quantitative estimate of drug-likeness (QED) is 0.723. The summed E-state index contributed by atoms with van der Waals surface area (Å²) in [6, 6.07) is 8.60. The number of fused-ring (bicyclic) bond motifs is 4. The van der Waals surface area contributed by atoms with Gasteiger partial charge in [0.05, 0.1) is 20.3 Å². The van der Waals surface area contributed by atoms with Crippen LogP contribution in [0.3, 0.4) is 0 Å². The second-order valence-corrected chi connectivity index (χ2v) is 7.08. The van der Waals surface area contributed by atoms with Gasteiger partial charge in [0, 0.05) is 15.6 Å². The first-order chi connectivity index (χ1) is 11.5. The monoisotopic (exact) mass is 409 g/mol. The molecule has 4 rings (SSSR count). The van der Waals surface area contributed by atoms with Gasteiger partial charge in [-0.15, -0.1) is 0 Å². The van der Waals surface area contributed by atoms with Gasteiger partial charge in [0.1, 0.15) is 22.0 Å². The van der Waals surface area contributed by atoms with Crippen molar-refractivity contribution < 1.29 is 18.6 Å². The van der Waals surface area contributed by atoms with E-state index in [1.54, 1.807) is 19.2 Å². The topological polar surface area (TPSA) is 39.7 Å². The molecule has 2 aliphatic rings. The van der Waals surface area contributed by atoms with Crippen LogP contribution in [-0.4, -0.2) is 25.3 Å². The van der Waals surface area contributed by atoms with Crippen LogP contribution in [0.2, 0.25) is 0 Å². The molecule has 2 heterocycles. The Morgan fingerprint density at radius 1 is 1.29 bits per heavy atom. The van der Waals surface area contributed by atoms with Crippen molar-refractivity contribution in [2.24, 2.45) is 0 Å². The van der Waals surface area contributed by atoms with Crippen LogP contribution in [0, 0.1) is 5.82 Å². The number of rotatable bonds is 1. The zero-order chi connectivity index (χ0) is 16.9. The van der Waals surface area contributed by atoms with Gasteiger partial charge in [0.2, 0.25) is 0 Å². The second-order valence-electron chi connectivity index (χ2n) is 5.67. The maximum atomic E-state index is 14.5. The van der Waals surface area contributed by atoms with Gasteiger partial charge in [-0.3, -0.25) is 0 Å². The van der Waals surface area contributed by atoms with Crippen LogP contribution in [0.15, 0.2) is 34.8 Å². The molecule has 1 N–H and O–H groups in total. The van der Waals surface area contributed by atoms with E-state index in [9.17, 15) is 4.39 Å². The number of hydrogen-bond acceptors (Lipinski definition) is 4. The maximum Gasteiger partial charge on any atom is 0.169 e. The fraction of sp³-hybridized carbons (Fsp3) is 0.235. The molecule has 0 radical (unpaired) electrons. The molecule has 2 aromatic rings. The minimum Gasteiger partial charge on any atom is -0.497 e. The zero-order valence-corrected chi connectivity index (χ0v) is 15.1. The van der Waals surface area contributed by atoms with Crippen molar-refractivity contribution in [3.05, 3.63) is 51.7 Å². The summed E-state index contributed by atoms with van der Waals surface area (Å²) in [5.41, 5.74) is 0.614. The van der Waals surface area contributed by atoms with Crippen molar-refractivity contribution in [1.29, 1.82) is 0 Å². The molecule has 2 aliphatic heterocycles. The molecule has 0 aliphatic carbocycles. The molecule has 1 atom stereocenters. The summed E-state index contributed by atoms with van der Waals surface area (Å²) >= 11 is 8.68. The first-order valence-corrected chi connectivity index (χ1v) is 8.48. The van der Waals surface area contributed by atoms with Gasteiger partial charge in [-0.05, 0) is 30.3 Å². The van der Waals surface area contributed by atoms with Crippen LogP contribution < -0.4 is 14.8 Å². The summed E-state index contributed by atoms with van der Waals surface area (Å²) in [5, 5.41) is 3.33. The second kappa shape index (κ2) is 5.68. The summed E-state index contributed by atoms with van der Waals surface area (Å²) in [6.45, 7) is 0.641. The van der Waals surface area contributed by atoms with Crippen LogP contribution >= 0.6 is 28.1 Å². The molecule has 1 unspecified atom stereocenters. The van der Waals surface area contributed by atoms with E-state index in [2.05, 4.69) is 21.2 Å². The zero-order valence-electron chi connectivity index (χ0n) is 12.7. The molecule has 0 aromatic heterocycles. The normalized spacial score (nSPS) is 21.5. The van der Waals surface area contributed by atoms with Crippen molar-refractivity contribution in [2.75, 3.05) is 20.3 Å². The standard InChI is InChI=1S/C17H13BrFNO3S/c1-21-10-2-3-14-11(6-10)17(8-22-7-15(24)20-17)12-4-9(18)5-13(19)16(12)23-14/h2-6H,7-8H2,1H3,(H,20,24). The number of halogens is 2. The van der Waals surface area contributed by atoms with Crippen LogP contribution in [0.4, 0.5) is 4.39 Å². The Kier molecular flexibility index (Phi) is 3.74. The summed E-state index contributed by atoms with van der Waals surface area (Å²) in [7, 11) is 1.59. The fourth-order valence-corrected chi connectivity index (χ4v) is 3.88. The maximum absolute atomic E-state index is 14.5. The van der Waals surface area contributed by atoms with Crippen LogP contribution in [-0.2, 0) is 10.3 Å². The van der Waals surface area contributed by atoms with Crippen molar-refractivity contribution in [1.82, 2.24) is 5.32 Å². The van der Waals surface area contributed by atoms with Gasteiger partial charge >= 0.3 is 0 Å². The molecule has 0 bridgehead atoms. The highest BCUT2D eigenvalue weighted by molar-refractivity contribution is 9.10. The number of nitrogens with one attached hydrogen (secondary N) is 1. The average Bonchev–Trinajstić information content (AvgIpc) is 2.56. The predicted octanol–water partition coefficient (Wildman–Crippen LogP) is 3.89. The number of benzene rings is 2. The first kappa shape index (κ1) is 15.8. The molecule has 4 nitrogen and oxygen atoms in total. The summed E-state index contributed by atoms with van der Waals surface area (Å²) < 4.78 is 32.0. The van der Waals surface area contributed by atoms with Gasteiger partial charge in [0.15, 0.2) is 11.6 Å². The third-order valence-electron chi connectivity index (χ3n) is 4.23. The van der Waals surface area contributed by atoms with E-state index in [0.29, 0.717) is 39.7 Å². The molecule has 2 aromatic carbocycles. The predicted molar refractivity (Wildman–Crippen MR) is 94.5 cm³/mol. The Morgan fingerprint density at radius 2 is 2.12 bits per heavy atom. The molecule has 1 saturated heterocycles. The Morgan fingerprint density at radius 3 is 2.88 bits per heavy atom. The number of hydrogen-bond donors (Lipinski definition) is 1. The van der Waals surface area contributed by atoms with Gasteiger partial charge in [-0.1, -0.05) is 28.1 Å². The molecule has 1 fully saturated rings. The third-order valence-corrected chi connectivity index (χ3v) is 4.91. The van der Waals surface area contributed by atoms with Gasteiger partial charge < -0.3 is 19.5 Å². The Labute approximate surface area is 152 Å². The van der Waals surface area contributed by atoms with Crippen molar-refractivity contribution in [3.8, 4) is 17.2 Å². The van der Waals surface area contributed by atoms with E-state index in [1.807, 2.05) is 12.1 Å². The largest absolute Gasteiger partial charge is 0.497 e. The summed E-state index contributed by atoms with van der Waals surface area (Å²) in [4.78, 5) is 0.559. The van der Waals surface area contributed by atoms with E-state index in [-0.39, 0.29) is 5.75 Å². The van der Waals surface area contributed by atoms with E-state index in [0.717, 1.165) is 5.56 Å². The molecule has 0 amide bonds. The molecule has 0 saturated carbocycles. The number of ether oxygens (including phenoxy) is 3. The SMILES string of the molecule is COc1ccc2c(c1)C1(COCC(=S)N1)c1cc(Br)cc(F)c1O2. The molecule has 7 heteroatoms. The first-order valence-electron chi connectivity index (χ1n) is 7.28. The van der Waals surface area contributed by atoms with Gasteiger partial charge in [0.25, 0.3) is 0 Å². The Hall–Kier alpha value is -1.70. The molecule has 1 spiro atoms. The van der Waals surface area contributed by atoms with Gasteiger partial charge in [-0.2, -0.15) is 0 Å². The highest BCUT2D eigenvalue weighted by Gasteiger charge is 2.46. The minimum absolute atomic E-state index is 0.177. The van der Waals surface area contributed by atoms with E-state index < -0.39 is 11.4 Å². The lowest BCUT2D eigenvalue weighted by molar-refractivity contribution is 0.0917. The Balaban J connectivity index is 2.02. The van der Waals surface area contributed by atoms with Crippen molar-refractivity contribution in [3.63, 3.8) is 0 Å². The summed E-state index contributed by atoms with van der Waals surface area (Å²) in [5.74, 6) is 0.953. The molecule has 24 heavy (non-hydrogen) atoms.